The standard InChI is InChI=1S/C26H22O5/c1-29-21-13-14-23(25(18-21)30-2)24(27)15-11-20-9-6-10-22(17-20)31-26(28)16-12-19-7-4-3-5-8-19/h3-18H,1-2H3/b15-11+,16-12+. The Kier molecular flexibility index (Phi) is 7.38. The molecule has 0 aromatic heterocycles. The highest BCUT2D eigenvalue weighted by Gasteiger charge is 2.11. The summed E-state index contributed by atoms with van der Waals surface area (Å²) in [5.41, 5.74) is 2.05. The van der Waals surface area contributed by atoms with Crippen LogP contribution in [0.1, 0.15) is 21.5 Å². The van der Waals surface area contributed by atoms with Crippen LogP contribution < -0.4 is 14.2 Å². The van der Waals surface area contributed by atoms with Gasteiger partial charge in [-0.25, -0.2) is 4.79 Å². The molecule has 0 N–H and O–H groups in total. The van der Waals surface area contributed by atoms with E-state index >= 15 is 0 Å². The van der Waals surface area contributed by atoms with E-state index < -0.39 is 5.97 Å². The summed E-state index contributed by atoms with van der Waals surface area (Å²) in [6, 6.07) is 21.4. The maximum absolute atomic E-state index is 12.6. The van der Waals surface area contributed by atoms with Crippen LogP contribution in [0.25, 0.3) is 12.2 Å². The van der Waals surface area contributed by atoms with E-state index in [1.165, 1.54) is 19.3 Å². The zero-order valence-corrected chi connectivity index (χ0v) is 17.3. The number of hydrogen-bond acceptors (Lipinski definition) is 5. The highest BCUT2D eigenvalue weighted by atomic mass is 16.5. The number of carbonyl (C=O) groups is 2. The summed E-state index contributed by atoms with van der Waals surface area (Å²) in [4.78, 5) is 24.6. The van der Waals surface area contributed by atoms with Gasteiger partial charge in [0.2, 0.25) is 0 Å². The van der Waals surface area contributed by atoms with E-state index in [1.807, 2.05) is 36.4 Å². The van der Waals surface area contributed by atoms with Crippen LogP contribution in [0.4, 0.5) is 0 Å². The van der Waals surface area contributed by atoms with Crippen molar-refractivity contribution < 1.29 is 23.8 Å². The molecule has 156 valence electrons. The summed E-state index contributed by atoms with van der Waals surface area (Å²) in [5.74, 6) is 0.728. The van der Waals surface area contributed by atoms with Gasteiger partial charge in [-0.2, -0.15) is 0 Å². The van der Waals surface area contributed by atoms with Crippen molar-refractivity contribution in [1.82, 2.24) is 0 Å². The summed E-state index contributed by atoms with van der Waals surface area (Å²) >= 11 is 0. The van der Waals surface area contributed by atoms with Crippen molar-refractivity contribution in [2.24, 2.45) is 0 Å². The Morgan fingerprint density at radius 3 is 2.19 bits per heavy atom. The number of methoxy groups -OCH3 is 2. The summed E-state index contributed by atoms with van der Waals surface area (Å²) in [6.45, 7) is 0. The van der Waals surface area contributed by atoms with Crippen LogP contribution in [0.2, 0.25) is 0 Å². The van der Waals surface area contributed by atoms with Crippen molar-refractivity contribution in [3.05, 3.63) is 102 Å². The molecule has 5 nitrogen and oxygen atoms in total. The van der Waals surface area contributed by atoms with Crippen molar-refractivity contribution in [1.29, 1.82) is 0 Å². The molecule has 5 heteroatoms. The fourth-order valence-electron chi connectivity index (χ4n) is 2.82. The first kappa shape index (κ1) is 21.6. The number of ketones is 1. The molecule has 31 heavy (non-hydrogen) atoms. The maximum atomic E-state index is 12.6. The Bertz CT molecular complexity index is 1110. The molecular formula is C26H22O5. The molecule has 0 atom stereocenters. The lowest BCUT2D eigenvalue weighted by Gasteiger charge is -2.08. The molecule has 0 bridgehead atoms. The first-order valence-electron chi connectivity index (χ1n) is 9.58. The molecule has 0 aliphatic carbocycles. The summed E-state index contributed by atoms with van der Waals surface area (Å²) < 4.78 is 15.8. The predicted molar refractivity (Wildman–Crippen MR) is 120 cm³/mol. The van der Waals surface area contributed by atoms with Gasteiger partial charge in [0.05, 0.1) is 19.8 Å². The molecule has 0 aliphatic rings. The van der Waals surface area contributed by atoms with Gasteiger partial charge < -0.3 is 14.2 Å². The van der Waals surface area contributed by atoms with Crippen LogP contribution in [0.5, 0.6) is 17.2 Å². The van der Waals surface area contributed by atoms with Crippen LogP contribution in [-0.4, -0.2) is 26.0 Å². The molecule has 0 heterocycles. The first-order chi connectivity index (χ1) is 15.1. The van der Waals surface area contributed by atoms with Crippen molar-refractivity contribution in [3.8, 4) is 17.2 Å². The second kappa shape index (κ2) is 10.6. The average Bonchev–Trinajstić information content (AvgIpc) is 2.81. The van der Waals surface area contributed by atoms with Crippen molar-refractivity contribution >= 4 is 23.9 Å². The minimum absolute atomic E-state index is 0.215. The first-order valence-corrected chi connectivity index (χ1v) is 9.58. The number of rotatable bonds is 8. The summed E-state index contributed by atoms with van der Waals surface area (Å²) in [7, 11) is 3.05. The van der Waals surface area contributed by atoms with E-state index in [4.69, 9.17) is 14.2 Å². The lowest BCUT2D eigenvalue weighted by Crippen LogP contribution is -2.03. The number of hydrogen-bond donors (Lipinski definition) is 0. The Balaban J connectivity index is 1.67. The normalized spacial score (nSPS) is 10.9. The smallest absolute Gasteiger partial charge is 0.336 e. The van der Waals surface area contributed by atoms with Crippen molar-refractivity contribution in [2.45, 2.75) is 0 Å². The lowest BCUT2D eigenvalue weighted by atomic mass is 10.1. The monoisotopic (exact) mass is 414 g/mol. The zero-order chi connectivity index (χ0) is 22.1. The molecule has 0 unspecified atom stereocenters. The Hall–Kier alpha value is -4.12. The van der Waals surface area contributed by atoms with Gasteiger partial charge in [0, 0.05) is 12.1 Å². The van der Waals surface area contributed by atoms with Crippen LogP contribution >= 0.6 is 0 Å². The molecule has 3 aromatic rings. The maximum Gasteiger partial charge on any atom is 0.336 e. The highest BCUT2D eigenvalue weighted by Crippen LogP contribution is 2.25. The van der Waals surface area contributed by atoms with E-state index in [0.29, 0.717) is 22.8 Å². The third kappa shape index (κ3) is 6.18. The largest absolute Gasteiger partial charge is 0.497 e. The minimum Gasteiger partial charge on any atom is -0.497 e. The average molecular weight is 414 g/mol. The van der Waals surface area contributed by atoms with Gasteiger partial charge in [0.25, 0.3) is 0 Å². The van der Waals surface area contributed by atoms with Gasteiger partial charge in [-0.1, -0.05) is 48.5 Å². The predicted octanol–water partition coefficient (Wildman–Crippen LogP) is 5.22. The second-order valence-electron chi connectivity index (χ2n) is 6.50. The Morgan fingerprint density at radius 2 is 1.45 bits per heavy atom. The zero-order valence-electron chi connectivity index (χ0n) is 17.3. The van der Waals surface area contributed by atoms with E-state index in [-0.39, 0.29) is 5.78 Å². The van der Waals surface area contributed by atoms with Gasteiger partial charge >= 0.3 is 5.97 Å². The van der Waals surface area contributed by atoms with Gasteiger partial charge in [-0.3, -0.25) is 4.79 Å². The molecule has 0 spiro atoms. The molecule has 0 amide bonds. The molecule has 0 saturated heterocycles. The van der Waals surface area contributed by atoms with Crippen molar-refractivity contribution in [2.75, 3.05) is 14.2 Å². The third-order valence-electron chi connectivity index (χ3n) is 4.39. The van der Waals surface area contributed by atoms with Crippen LogP contribution in [0.3, 0.4) is 0 Å². The van der Waals surface area contributed by atoms with Gasteiger partial charge in [0.1, 0.15) is 17.2 Å². The molecule has 0 aliphatic heterocycles. The number of allylic oxidation sites excluding steroid dienone is 1. The highest BCUT2D eigenvalue weighted by molar-refractivity contribution is 6.08. The van der Waals surface area contributed by atoms with E-state index in [9.17, 15) is 9.59 Å². The molecule has 3 rings (SSSR count). The van der Waals surface area contributed by atoms with Gasteiger partial charge in [-0.15, -0.1) is 0 Å². The number of esters is 1. The fourth-order valence-corrected chi connectivity index (χ4v) is 2.82. The topological polar surface area (TPSA) is 61.8 Å². The Morgan fingerprint density at radius 1 is 0.710 bits per heavy atom. The van der Waals surface area contributed by atoms with E-state index in [1.54, 1.807) is 55.7 Å². The van der Waals surface area contributed by atoms with Crippen LogP contribution in [0, 0.1) is 0 Å². The number of benzene rings is 3. The number of carbonyl (C=O) groups excluding carboxylic acids is 2. The molecule has 0 fully saturated rings. The summed E-state index contributed by atoms with van der Waals surface area (Å²) in [6.07, 6.45) is 6.16. The second-order valence-corrected chi connectivity index (χ2v) is 6.50. The van der Waals surface area contributed by atoms with E-state index in [0.717, 1.165) is 11.1 Å². The van der Waals surface area contributed by atoms with Gasteiger partial charge in [0.15, 0.2) is 5.78 Å². The molecule has 0 saturated carbocycles. The van der Waals surface area contributed by atoms with Gasteiger partial charge in [-0.05, 0) is 47.5 Å². The molecule has 3 aromatic carbocycles. The van der Waals surface area contributed by atoms with Crippen LogP contribution in [0.15, 0.2) is 84.9 Å². The Labute approximate surface area is 181 Å². The summed E-state index contributed by atoms with van der Waals surface area (Å²) in [5, 5.41) is 0. The molecule has 0 radical (unpaired) electrons. The quantitative estimate of drug-likeness (QED) is 0.219. The SMILES string of the molecule is COc1ccc(C(=O)/C=C/c2cccc(OC(=O)/C=C/c3ccccc3)c2)c(OC)c1. The molecular weight excluding hydrogens is 392 g/mol. The van der Waals surface area contributed by atoms with Crippen molar-refractivity contribution in [3.63, 3.8) is 0 Å². The lowest BCUT2D eigenvalue weighted by molar-refractivity contribution is -0.128. The number of ether oxygens (including phenoxy) is 3. The van der Waals surface area contributed by atoms with Crippen LogP contribution in [-0.2, 0) is 4.79 Å². The fraction of sp³-hybridized carbons (Fsp3) is 0.0769. The minimum atomic E-state index is -0.482. The third-order valence-corrected chi connectivity index (χ3v) is 4.39. The van der Waals surface area contributed by atoms with E-state index in [2.05, 4.69) is 0 Å².